The Morgan fingerprint density at radius 3 is 2.50 bits per heavy atom. The van der Waals surface area contributed by atoms with Crippen molar-refractivity contribution in [1.29, 1.82) is 0 Å². The molecule has 2 rings (SSSR count). The Morgan fingerprint density at radius 1 is 1.31 bits per heavy atom. The number of nitrogens with zero attached hydrogens (tertiary/aromatic N) is 1. The second kappa shape index (κ2) is 4.40. The van der Waals surface area contributed by atoms with Crippen LogP contribution < -0.4 is 14.8 Å². The zero-order valence-corrected chi connectivity index (χ0v) is 9.70. The van der Waals surface area contributed by atoms with E-state index in [4.69, 9.17) is 5.73 Å². The number of rotatable bonds is 3. The Labute approximate surface area is 95.4 Å². The fraction of sp³-hybridized carbons (Fsp3) is 0.400. The van der Waals surface area contributed by atoms with E-state index in [1.54, 1.807) is 0 Å². The Kier molecular flexibility index (Phi) is 3.13. The molecular weight excluding hydrogens is 226 g/mol. The molecule has 1 aliphatic rings. The Balaban J connectivity index is 2.22. The van der Waals surface area contributed by atoms with Gasteiger partial charge in [0.05, 0.1) is 5.69 Å². The van der Waals surface area contributed by atoms with Crippen LogP contribution in [0.25, 0.3) is 0 Å². The average molecular weight is 241 g/mol. The highest BCUT2D eigenvalue weighted by Gasteiger charge is 2.27. The molecule has 1 saturated heterocycles. The fourth-order valence-corrected chi connectivity index (χ4v) is 2.97. The summed E-state index contributed by atoms with van der Waals surface area (Å²) in [6, 6.07) is 7.46. The molecule has 88 valence electrons. The summed E-state index contributed by atoms with van der Waals surface area (Å²) in [5.74, 6) is 0. The van der Waals surface area contributed by atoms with E-state index in [-0.39, 0.29) is 0 Å². The number of anilines is 1. The predicted octanol–water partition coefficient (Wildman–Crippen LogP) is -0.158. The van der Waals surface area contributed by atoms with Crippen LogP contribution in [0.2, 0.25) is 0 Å². The molecule has 0 unspecified atom stereocenters. The normalized spacial score (nSPS) is 18.9. The van der Waals surface area contributed by atoms with Crippen molar-refractivity contribution in [2.24, 2.45) is 5.73 Å². The second-order valence-corrected chi connectivity index (χ2v) is 5.36. The molecule has 1 aliphatic heterocycles. The lowest BCUT2D eigenvalue weighted by Crippen LogP contribution is -2.29. The Hall–Kier alpha value is -1.11. The SMILES string of the molecule is NCCc1ccc(N2CCNS2(=O)=O)cc1. The number of nitrogens with two attached hydrogens (primary N) is 1. The molecule has 5 nitrogen and oxygen atoms in total. The highest BCUT2D eigenvalue weighted by molar-refractivity contribution is 7.91. The summed E-state index contributed by atoms with van der Waals surface area (Å²) in [5.41, 5.74) is 7.27. The molecule has 16 heavy (non-hydrogen) atoms. The van der Waals surface area contributed by atoms with E-state index in [2.05, 4.69) is 4.72 Å². The van der Waals surface area contributed by atoms with Crippen LogP contribution >= 0.6 is 0 Å². The van der Waals surface area contributed by atoms with E-state index >= 15 is 0 Å². The smallest absolute Gasteiger partial charge is 0.301 e. The van der Waals surface area contributed by atoms with E-state index in [0.717, 1.165) is 12.0 Å². The Morgan fingerprint density at radius 2 is 2.00 bits per heavy atom. The lowest BCUT2D eigenvalue weighted by Gasteiger charge is -2.15. The molecule has 1 heterocycles. The standard InChI is InChI=1S/C10H15N3O2S/c11-6-5-9-1-3-10(4-2-9)13-8-7-12-16(13,14)15/h1-4,12H,5-8,11H2. The van der Waals surface area contributed by atoms with E-state index < -0.39 is 10.2 Å². The van der Waals surface area contributed by atoms with Gasteiger partial charge in [-0.15, -0.1) is 0 Å². The van der Waals surface area contributed by atoms with Crippen LogP contribution in [0.15, 0.2) is 24.3 Å². The van der Waals surface area contributed by atoms with Crippen molar-refractivity contribution in [3.63, 3.8) is 0 Å². The first-order valence-electron chi connectivity index (χ1n) is 5.20. The van der Waals surface area contributed by atoms with Gasteiger partial charge in [0.15, 0.2) is 0 Å². The summed E-state index contributed by atoms with van der Waals surface area (Å²) in [5, 5.41) is 0. The lowest BCUT2D eigenvalue weighted by atomic mass is 10.1. The molecular formula is C10H15N3O2S. The molecule has 0 aromatic heterocycles. The van der Waals surface area contributed by atoms with Crippen LogP contribution in [0.1, 0.15) is 5.56 Å². The zero-order valence-electron chi connectivity index (χ0n) is 8.89. The third kappa shape index (κ3) is 2.18. The van der Waals surface area contributed by atoms with Crippen molar-refractivity contribution in [2.45, 2.75) is 6.42 Å². The van der Waals surface area contributed by atoms with E-state index in [0.29, 0.717) is 25.3 Å². The third-order valence-electron chi connectivity index (χ3n) is 2.55. The van der Waals surface area contributed by atoms with Gasteiger partial charge >= 0.3 is 10.2 Å². The quantitative estimate of drug-likeness (QED) is 0.772. The molecule has 3 N–H and O–H groups in total. The maximum absolute atomic E-state index is 11.6. The van der Waals surface area contributed by atoms with Gasteiger partial charge in [-0.1, -0.05) is 12.1 Å². The van der Waals surface area contributed by atoms with Gasteiger partial charge in [0.25, 0.3) is 0 Å². The van der Waals surface area contributed by atoms with Crippen molar-refractivity contribution in [1.82, 2.24) is 4.72 Å². The number of hydrogen-bond donors (Lipinski definition) is 2. The van der Waals surface area contributed by atoms with Crippen molar-refractivity contribution < 1.29 is 8.42 Å². The minimum atomic E-state index is -3.31. The third-order valence-corrected chi connectivity index (χ3v) is 4.09. The van der Waals surface area contributed by atoms with Crippen LogP contribution in [0, 0.1) is 0 Å². The first-order chi connectivity index (χ1) is 7.63. The predicted molar refractivity (Wildman–Crippen MR) is 63.5 cm³/mol. The largest absolute Gasteiger partial charge is 0.330 e. The molecule has 0 saturated carbocycles. The van der Waals surface area contributed by atoms with Gasteiger partial charge in [-0.2, -0.15) is 13.1 Å². The van der Waals surface area contributed by atoms with Crippen LogP contribution in [-0.4, -0.2) is 28.1 Å². The molecule has 0 atom stereocenters. The van der Waals surface area contributed by atoms with Crippen molar-refractivity contribution >= 4 is 15.9 Å². The highest BCUT2D eigenvalue weighted by Crippen LogP contribution is 2.20. The van der Waals surface area contributed by atoms with Gasteiger partial charge < -0.3 is 5.73 Å². The number of hydrogen-bond acceptors (Lipinski definition) is 3. The summed E-state index contributed by atoms with van der Waals surface area (Å²) in [6.07, 6.45) is 0.811. The van der Waals surface area contributed by atoms with Gasteiger partial charge in [0.1, 0.15) is 0 Å². The van der Waals surface area contributed by atoms with Gasteiger partial charge in [-0.05, 0) is 30.7 Å². The summed E-state index contributed by atoms with van der Waals surface area (Å²) in [6.45, 7) is 1.55. The van der Waals surface area contributed by atoms with Crippen molar-refractivity contribution in [2.75, 3.05) is 23.9 Å². The topological polar surface area (TPSA) is 75.4 Å². The number of benzene rings is 1. The van der Waals surface area contributed by atoms with E-state index in [1.165, 1.54) is 4.31 Å². The van der Waals surface area contributed by atoms with Crippen LogP contribution in [-0.2, 0) is 16.6 Å². The molecule has 0 aliphatic carbocycles. The average Bonchev–Trinajstić information content (AvgIpc) is 2.60. The first kappa shape index (κ1) is 11.4. The fourth-order valence-electron chi connectivity index (χ4n) is 1.74. The van der Waals surface area contributed by atoms with E-state index in [1.807, 2.05) is 24.3 Å². The molecule has 1 aromatic carbocycles. The molecule has 0 radical (unpaired) electrons. The van der Waals surface area contributed by atoms with Gasteiger partial charge in [-0.3, -0.25) is 4.31 Å². The maximum Gasteiger partial charge on any atom is 0.301 e. The minimum absolute atomic E-state index is 0.465. The summed E-state index contributed by atoms with van der Waals surface area (Å²) in [7, 11) is -3.31. The van der Waals surface area contributed by atoms with Crippen LogP contribution in [0.3, 0.4) is 0 Å². The van der Waals surface area contributed by atoms with Gasteiger partial charge in [0, 0.05) is 13.1 Å². The minimum Gasteiger partial charge on any atom is -0.330 e. The summed E-state index contributed by atoms with van der Waals surface area (Å²) < 4.78 is 27.0. The van der Waals surface area contributed by atoms with Crippen molar-refractivity contribution in [3.8, 4) is 0 Å². The molecule has 0 amide bonds. The van der Waals surface area contributed by atoms with Crippen LogP contribution in [0.5, 0.6) is 0 Å². The van der Waals surface area contributed by atoms with E-state index in [9.17, 15) is 8.42 Å². The zero-order chi connectivity index (χ0) is 11.6. The monoisotopic (exact) mass is 241 g/mol. The molecule has 0 bridgehead atoms. The van der Waals surface area contributed by atoms with Gasteiger partial charge in [0.2, 0.25) is 0 Å². The van der Waals surface area contributed by atoms with Crippen molar-refractivity contribution in [3.05, 3.63) is 29.8 Å². The van der Waals surface area contributed by atoms with Gasteiger partial charge in [-0.25, -0.2) is 0 Å². The first-order valence-corrected chi connectivity index (χ1v) is 6.64. The lowest BCUT2D eigenvalue weighted by molar-refractivity contribution is 0.591. The van der Waals surface area contributed by atoms with Crippen LogP contribution in [0.4, 0.5) is 5.69 Å². The number of nitrogens with one attached hydrogen (secondary N) is 1. The second-order valence-electron chi connectivity index (χ2n) is 3.68. The summed E-state index contributed by atoms with van der Waals surface area (Å²) in [4.78, 5) is 0. The molecule has 1 fully saturated rings. The Bertz CT molecular complexity index is 455. The molecule has 0 spiro atoms. The molecule has 6 heteroatoms. The maximum atomic E-state index is 11.6. The summed E-state index contributed by atoms with van der Waals surface area (Å²) >= 11 is 0. The highest BCUT2D eigenvalue weighted by atomic mass is 32.2. The molecule has 1 aromatic rings.